The highest BCUT2D eigenvalue weighted by atomic mass is 16.2. The van der Waals surface area contributed by atoms with Crippen molar-refractivity contribution in [2.45, 2.75) is 63.5 Å². The van der Waals surface area contributed by atoms with Crippen molar-refractivity contribution in [3.05, 3.63) is 101 Å². The van der Waals surface area contributed by atoms with Crippen LogP contribution in [0.25, 0.3) is 0 Å². The van der Waals surface area contributed by atoms with Crippen LogP contribution < -0.4 is 10.6 Å². The topological polar surface area (TPSA) is 71.1 Å². The van der Waals surface area contributed by atoms with Gasteiger partial charge in [0.1, 0.15) is 5.54 Å². The maximum absolute atomic E-state index is 13.4. The lowest BCUT2D eigenvalue weighted by Gasteiger charge is -2.37. The summed E-state index contributed by atoms with van der Waals surface area (Å²) in [7, 11) is 0. The molecule has 0 saturated heterocycles. The summed E-state index contributed by atoms with van der Waals surface area (Å²) >= 11 is 0. The van der Waals surface area contributed by atoms with Gasteiger partial charge >= 0.3 is 0 Å². The Hall–Kier alpha value is -3.47. The standard InChI is InChI=1S/C29H33N3O2/c1-22-20-30-18-15-25(22)21-31-28(34)29(16-9-4-10-17-29)32-27(33)19-26(23-11-5-2-6-12-23)24-13-7-3-8-14-24/h2-3,5-8,11-15,18,20,26H,4,9-10,16-17,19,21H2,1H3,(H,31,34)(H,32,33). The molecule has 0 aliphatic heterocycles. The van der Waals surface area contributed by atoms with E-state index < -0.39 is 5.54 Å². The van der Waals surface area contributed by atoms with Gasteiger partial charge in [0, 0.05) is 31.3 Å². The lowest BCUT2D eigenvalue weighted by molar-refractivity contribution is -0.135. The molecule has 1 saturated carbocycles. The molecule has 4 rings (SSSR count). The maximum atomic E-state index is 13.4. The number of amides is 2. The predicted octanol–water partition coefficient (Wildman–Crippen LogP) is 5.05. The fourth-order valence-electron chi connectivity index (χ4n) is 4.91. The summed E-state index contributed by atoms with van der Waals surface area (Å²) in [6.07, 6.45) is 8.12. The molecule has 5 heteroatoms. The van der Waals surface area contributed by atoms with Crippen LogP contribution in [0.4, 0.5) is 0 Å². The summed E-state index contributed by atoms with van der Waals surface area (Å²) in [5.74, 6) is -0.242. The van der Waals surface area contributed by atoms with Gasteiger partial charge in [0.2, 0.25) is 11.8 Å². The number of hydrogen-bond donors (Lipinski definition) is 2. The van der Waals surface area contributed by atoms with Gasteiger partial charge < -0.3 is 10.6 Å². The maximum Gasteiger partial charge on any atom is 0.246 e. The number of pyridine rings is 1. The fourth-order valence-corrected chi connectivity index (χ4v) is 4.91. The van der Waals surface area contributed by atoms with Gasteiger partial charge in [0.15, 0.2) is 0 Å². The molecule has 1 heterocycles. The summed E-state index contributed by atoms with van der Waals surface area (Å²) in [6.45, 7) is 2.42. The van der Waals surface area contributed by atoms with Gasteiger partial charge in [-0.25, -0.2) is 0 Å². The van der Waals surface area contributed by atoms with E-state index in [1.165, 1.54) is 0 Å². The van der Waals surface area contributed by atoms with Crippen molar-refractivity contribution in [3.8, 4) is 0 Å². The zero-order valence-corrected chi connectivity index (χ0v) is 19.8. The summed E-state index contributed by atoms with van der Waals surface area (Å²) in [6, 6.07) is 22.1. The molecule has 176 valence electrons. The minimum atomic E-state index is -0.853. The molecule has 1 fully saturated rings. The average Bonchev–Trinajstić information content (AvgIpc) is 2.88. The first kappa shape index (κ1) is 23.7. The van der Waals surface area contributed by atoms with Crippen molar-refractivity contribution in [3.63, 3.8) is 0 Å². The highest BCUT2D eigenvalue weighted by molar-refractivity contribution is 5.92. The Labute approximate surface area is 202 Å². The summed E-state index contributed by atoms with van der Waals surface area (Å²) in [4.78, 5) is 31.0. The highest BCUT2D eigenvalue weighted by Gasteiger charge is 2.41. The number of nitrogens with one attached hydrogen (secondary N) is 2. The summed E-state index contributed by atoms with van der Waals surface area (Å²) in [5.41, 5.74) is 3.42. The van der Waals surface area contributed by atoms with Crippen molar-refractivity contribution >= 4 is 11.8 Å². The smallest absolute Gasteiger partial charge is 0.246 e. The largest absolute Gasteiger partial charge is 0.350 e. The number of nitrogens with zero attached hydrogens (tertiary/aromatic N) is 1. The molecule has 0 spiro atoms. The van der Waals surface area contributed by atoms with Crippen LogP contribution in [0.5, 0.6) is 0 Å². The number of benzene rings is 2. The minimum Gasteiger partial charge on any atom is -0.350 e. The van der Waals surface area contributed by atoms with Crippen molar-refractivity contribution in [1.29, 1.82) is 0 Å². The molecule has 2 N–H and O–H groups in total. The van der Waals surface area contributed by atoms with Crippen LogP contribution >= 0.6 is 0 Å². The van der Waals surface area contributed by atoms with Crippen LogP contribution in [-0.4, -0.2) is 22.3 Å². The second-order valence-electron chi connectivity index (χ2n) is 9.25. The number of aryl methyl sites for hydroxylation is 1. The number of carbonyl (C=O) groups is 2. The molecule has 0 atom stereocenters. The van der Waals surface area contributed by atoms with E-state index >= 15 is 0 Å². The summed E-state index contributed by atoms with van der Waals surface area (Å²) in [5, 5.41) is 6.28. The average molecular weight is 456 g/mol. The first-order valence-corrected chi connectivity index (χ1v) is 12.2. The Morgan fingerprint density at radius 2 is 1.53 bits per heavy atom. The number of carbonyl (C=O) groups excluding carboxylic acids is 2. The second kappa shape index (κ2) is 11.1. The van der Waals surface area contributed by atoms with Crippen molar-refractivity contribution in [2.75, 3.05) is 0 Å². The molecular formula is C29H33N3O2. The third-order valence-corrected chi connectivity index (χ3v) is 6.89. The van der Waals surface area contributed by atoms with Crippen LogP contribution in [0.3, 0.4) is 0 Å². The van der Waals surface area contributed by atoms with Gasteiger partial charge in [0.05, 0.1) is 0 Å². The zero-order valence-electron chi connectivity index (χ0n) is 19.8. The Balaban J connectivity index is 1.50. The van der Waals surface area contributed by atoms with E-state index in [1.807, 2.05) is 49.4 Å². The molecule has 1 aliphatic carbocycles. The van der Waals surface area contributed by atoms with E-state index in [2.05, 4.69) is 39.9 Å². The lowest BCUT2D eigenvalue weighted by Crippen LogP contribution is -2.59. The molecule has 34 heavy (non-hydrogen) atoms. The molecule has 1 aliphatic rings. The first-order chi connectivity index (χ1) is 16.6. The second-order valence-corrected chi connectivity index (χ2v) is 9.25. The van der Waals surface area contributed by atoms with Gasteiger partial charge in [0.25, 0.3) is 0 Å². The number of rotatable bonds is 8. The van der Waals surface area contributed by atoms with Crippen molar-refractivity contribution in [1.82, 2.24) is 15.6 Å². The molecule has 3 aromatic rings. The van der Waals surface area contributed by atoms with E-state index in [0.29, 0.717) is 25.8 Å². The van der Waals surface area contributed by atoms with E-state index in [4.69, 9.17) is 0 Å². The molecule has 2 aromatic carbocycles. The molecule has 2 amide bonds. The lowest BCUT2D eigenvalue weighted by atomic mass is 9.80. The summed E-state index contributed by atoms with van der Waals surface area (Å²) < 4.78 is 0. The predicted molar refractivity (Wildman–Crippen MR) is 134 cm³/mol. The Morgan fingerprint density at radius 3 is 2.12 bits per heavy atom. The molecular weight excluding hydrogens is 422 g/mol. The van der Waals surface area contributed by atoms with Crippen molar-refractivity contribution < 1.29 is 9.59 Å². The number of aromatic nitrogens is 1. The third-order valence-electron chi connectivity index (χ3n) is 6.89. The minimum absolute atomic E-state index is 0.0643. The van der Waals surface area contributed by atoms with E-state index in [1.54, 1.807) is 12.4 Å². The van der Waals surface area contributed by atoms with Gasteiger partial charge in [-0.15, -0.1) is 0 Å². The monoisotopic (exact) mass is 455 g/mol. The van der Waals surface area contributed by atoms with E-state index in [9.17, 15) is 9.59 Å². The fraction of sp³-hybridized carbons (Fsp3) is 0.345. The SMILES string of the molecule is Cc1cnccc1CNC(=O)C1(NC(=O)CC(c2ccccc2)c2ccccc2)CCCCC1. The van der Waals surface area contributed by atoms with Gasteiger partial charge in [-0.2, -0.15) is 0 Å². The van der Waals surface area contributed by atoms with E-state index in [0.717, 1.165) is 41.5 Å². The molecule has 0 unspecified atom stereocenters. The molecule has 0 radical (unpaired) electrons. The van der Waals surface area contributed by atoms with E-state index in [-0.39, 0.29) is 17.7 Å². The zero-order chi connectivity index (χ0) is 23.8. The quantitative estimate of drug-likeness (QED) is 0.499. The van der Waals surface area contributed by atoms with Gasteiger partial charge in [-0.05, 0) is 48.1 Å². The highest BCUT2D eigenvalue weighted by Crippen LogP contribution is 2.31. The first-order valence-electron chi connectivity index (χ1n) is 12.2. The third kappa shape index (κ3) is 5.71. The van der Waals surface area contributed by atoms with Crippen LogP contribution in [0, 0.1) is 6.92 Å². The van der Waals surface area contributed by atoms with Crippen LogP contribution in [0.15, 0.2) is 79.1 Å². The molecule has 0 bridgehead atoms. The number of hydrogen-bond acceptors (Lipinski definition) is 3. The molecule has 1 aromatic heterocycles. The Kier molecular flexibility index (Phi) is 7.73. The van der Waals surface area contributed by atoms with Crippen molar-refractivity contribution in [2.24, 2.45) is 0 Å². The van der Waals surface area contributed by atoms with Crippen LogP contribution in [0.2, 0.25) is 0 Å². The van der Waals surface area contributed by atoms with Crippen LogP contribution in [-0.2, 0) is 16.1 Å². The van der Waals surface area contributed by atoms with Gasteiger partial charge in [-0.1, -0.05) is 79.9 Å². The van der Waals surface area contributed by atoms with Crippen LogP contribution in [0.1, 0.15) is 66.7 Å². The Morgan fingerprint density at radius 1 is 0.912 bits per heavy atom. The normalized spacial score (nSPS) is 15.0. The van der Waals surface area contributed by atoms with Gasteiger partial charge in [-0.3, -0.25) is 14.6 Å². The molecule has 5 nitrogen and oxygen atoms in total. The Bertz CT molecular complexity index is 1050.